The number of pyridine rings is 1. The summed E-state index contributed by atoms with van der Waals surface area (Å²) in [5.41, 5.74) is 2.07. The summed E-state index contributed by atoms with van der Waals surface area (Å²) in [6.45, 7) is 3.48. The highest BCUT2D eigenvalue weighted by atomic mass is 16.4. The van der Waals surface area contributed by atoms with Crippen LogP contribution in [0.3, 0.4) is 0 Å². The number of nitrogens with zero attached hydrogens (tertiary/aromatic N) is 2. The van der Waals surface area contributed by atoms with Crippen molar-refractivity contribution in [2.45, 2.75) is 19.8 Å². The van der Waals surface area contributed by atoms with Crippen LogP contribution in [-0.2, 0) is 4.79 Å². The number of piperidine rings is 1. The van der Waals surface area contributed by atoms with Gasteiger partial charge in [-0.15, -0.1) is 0 Å². The number of rotatable bonds is 2. The van der Waals surface area contributed by atoms with Crippen molar-refractivity contribution in [3.63, 3.8) is 0 Å². The minimum absolute atomic E-state index is 0.281. The SMILES string of the molecule is Cc1cc2ccccc2nc1N1CCCC(C(=O)O)C1. The van der Waals surface area contributed by atoms with Crippen LogP contribution in [0, 0.1) is 12.8 Å². The first kappa shape index (κ1) is 12.9. The van der Waals surface area contributed by atoms with Gasteiger partial charge >= 0.3 is 5.97 Å². The van der Waals surface area contributed by atoms with Crippen molar-refractivity contribution in [3.05, 3.63) is 35.9 Å². The van der Waals surface area contributed by atoms with Crippen molar-refractivity contribution in [1.29, 1.82) is 0 Å². The van der Waals surface area contributed by atoms with Gasteiger partial charge in [0.25, 0.3) is 0 Å². The van der Waals surface area contributed by atoms with E-state index in [0.29, 0.717) is 6.54 Å². The van der Waals surface area contributed by atoms with Crippen molar-refractivity contribution in [3.8, 4) is 0 Å². The van der Waals surface area contributed by atoms with Gasteiger partial charge in [0.1, 0.15) is 5.82 Å². The molecule has 20 heavy (non-hydrogen) atoms. The van der Waals surface area contributed by atoms with Gasteiger partial charge in [0.2, 0.25) is 0 Å². The van der Waals surface area contributed by atoms with E-state index in [-0.39, 0.29) is 5.92 Å². The van der Waals surface area contributed by atoms with Crippen molar-refractivity contribution in [2.75, 3.05) is 18.0 Å². The zero-order valence-corrected chi connectivity index (χ0v) is 11.5. The molecule has 1 aromatic heterocycles. The van der Waals surface area contributed by atoms with Crippen molar-refractivity contribution >= 4 is 22.7 Å². The van der Waals surface area contributed by atoms with Gasteiger partial charge in [0.15, 0.2) is 0 Å². The van der Waals surface area contributed by atoms with Gasteiger partial charge in [-0.05, 0) is 37.5 Å². The summed E-state index contributed by atoms with van der Waals surface area (Å²) in [5, 5.41) is 10.3. The maximum atomic E-state index is 11.2. The summed E-state index contributed by atoms with van der Waals surface area (Å²) in [6, 6.07) is 10.2. The summed E-state index contributed by atoms with van der Waals surface area (Å²) in [7, 11) is 0. The minimum Gasteiger partial charge on any atom is -0.481 e. The molecule has 1 fully saturated rings. The van der Waals surface area contributed by atoms with E-state index in [1.165, 1.54) is 0 Å². The van der Waals surface area contributed by atoms with Gasteiger partial charge in [-0.2, -0.15) is 0 Å². The van der Waals surface area contributed by atoms with Gasteiger partial charge in [0, 0.05) is 18.5 Å². The standard InChI is InChI=1S/C16H18N2O2/c1-11-9-12-5-2-3-7-14(12)17-15(11)18-8-4-6-13(10-18)16(19)20/h2-3,5,7,9,13H,4,6,8,10H2,1H3,(H,19,20). The van der Waals surface area contributed by atoms with Crippen LogP contribution in [0.4, 0.5) is 5.82 Å². The second-order valence-corrected chi connectivity index (χ2v) is 5.44. The number of fused-ring (bicyclic) bond motifs is 1. The Hall–Kier alpha value is -2.10. The third kappa shape index (κ3) is 2.33. The summed E-state index contributed by atoms with van der Waals surface area (Å²) >= 11 is 0. The molecule has 1 aliphatic heterocycles. The first-order valence-electron chi connectivity index (χ1n) is 6.99. The molecule has 2 aromatic rings. The summed E-state index contributed by atoms with van der Waals surface area (Å²) in [4.78, 5) is 18.0. The van der Waals surface area contributed by atoms with E-state index >= 15 is 0 Å². The molecule has 104 valence electrons. The molecule has 2 heterocycles. The number of hydrogen-bond acceptors (Lipinski definition) is 3. The zero-order chi connectivity index (χ0) is 14.1. The number of anilines is 1. The van der Waals surface area contributed by atoms with E-state index in [1.807, 2.05) is 25.1 Å². The Morgan fingerprint density at radius 3 is 3.00 bits per heavy atom. The van der Waals surface area contributed by atoms with Crippen LogP contribution in [0.5, 0.6) is 0 Å². The highest BCUT2D eigenvalue weighted by Crippen LogP contribution is 2.27. The van der Waals surface area contributed by atoms with Gasteiger partial charge in [-0.25, -0.2) is 4.98 Å². The highest BCUT2D eigenvalue weighted by molar-refractivity contribution is 5.82. The number of carbonyl (C=O) groups is 1. The van der Waals surface area contributed by atoms with Crippen LogP contribution in [-0.4, -0.2) is 29.1 Å². The van der Waals surface area contributed by atoms with Crippen molar-refractivity contribution < 1.29 is 9.90 Å². The number of aromatic nitrogens is 1. The third-order valence-corrected chi connectivity index (χ3v) is 3.96. The monoisotopic (exact) mass is 270 g/mol. The van der Waals surface area contributed by atoms with Gasteiger partial charge in [-0.1, -0.05) is 18.2 Å². The molecule has 1 aromatic carbocycles. The molecule has 3 rings (SSSR count). The first-order valence-corrected chi connectivity index (χ1v) is 6.99. The quantitative estimate of drug-likeness (QED) is 0.911. The van der Waals surface area contributed by atoms with Crippen LogP contribution >= 0.6 is 0 Å². The fraction of sp³-hybridized carbons (Fsp3) is 0.375. The average Bonchev–Trinajstić information content (AvgIpc) is 2.46. The lowest BCUT2D eigenvalue weighted by Gasteiger charge is -2.32. The fourth-order valence-corrected chi connectivity index (χ4v) is 2.90. The maximum Gasteiger partial charge on any atom is 0.308 e. The van der Waals surface area contributed by atoms with Gasteiger partial charge in [0.05, 0.1) is 11.4 Å². The average molecular weight is 270 g/mol. The smallest absolute Gasteiger partial charge is 0.308 e. The molecule has 0 aliphatic carbocycles. The molecular weight excluding hydrogens is 252 g/mol. The van der Waals surface area contributed by atoms with E-state index in [9.17, 15) is 9.90 Å². The molecule has 0 amide bonds. The Morgan fingerprint density at radius 1 is 1.40 bits per heavy atom. The second-order valence-electron chi connectivity index (χ2n) is 5.44. The van der Waals surface area contributed by atoms with E-state index < -0.39 is 5.97 Å². The number of aliphatic carboxylic acids is 1. The van der Waals surface area contributed by atoms with E-state index in [1.54, 1.807) is 0 Å². The van der Waals surface area contributed by atoms with Crippen molar-refractivity contribution in [2.24, 2.45) is 5.92 Å². The predicted molar refractivity (Wildman–Crippen MR) is 79.1 cm³/mol. The number of benzene rings is 1. The minimum atomic E-state index is -0.701. The summed E-state index contributed by atoms with van der Waals surface area (Å²) in [5.74, 6) is -0.0563. The molecular formula is C16H18N2O2. The third-order valence-electron chi connectivity index (χ3n) is 3.96. The van der Waals surface area contributed by atoms with E-state index in [4.69, 9.17) is 4.98 Å². The predicted octanol–water partition coefficient (Wildman–Crippen LogP) is 2.84. The fourth-order valence-electron chi connectivity index (χ4n) is 2.90. The Morgan fingerprint density at radius 2 is 2.20 bits per heavy atom. The zero-order valence-electron chi connectivity index (χ0n) is 11.5. The number of hydrogen-bond donors (Lipinski definition) is 1. The first-order chi connectivity index (χ1) is 9.65. The normalized spacial score (nSPS) is 19.2. The number of aryl methyl sites for hydroxylation is 1. The number of carboxylic acids is 1. The maximum absolute atomic E-state index is 11.2. The topological polar surface area (TPSA) is 53.4 Å². The Bertz CT molecular complexity index is 654. The molecule has 1 unspecified atom stereocenters. The summed E-state index contributed by atoms with van der Waals surface area (Å²) < 4.78 is 0. The summed E-state index contributed by atoms with van der Waals surface area (Å²) in [6.07, 6.45) is 1.67. The molecule has 0 spiro atoms. The van der Waals surface area contributed by atoms with Gasteiger partial charge in [-0.3, -0.25) is 4.79 Å². The Kier molecular flexibility index (Phi) is 3.30. The molecule has 1 aliphatic rings. The van der Waals surface area contributed by atoms with E-state index in [2.05, 4.69) is 17.0 Å². The van der Waals surface area contributed by atoms with Crippen LogP contribution < -0.4 is 4.90 Å². The van der Waals surface area contributed by atoms with Gasteiger partial charge < -0.3 is 10.0 Å². The molecule has 0 radical (unpaired) electrons. The molecule has 1 N–H and O–H groups in total. The Labute approximate surface area is 118 Å². The number of carboxylic acid groups (broad SMARTS) is 1. The molecule has 0 saturated carbocycles. The number of para-hydroxylation sites is 1. The van der Waals surface area contributed by atoms with Crippen LogP contribution in [0.15, 0.2) is 30.3 Å². The van der Waals surface area contributed by atoms with Crippen molar-refractivity contribution in [1.82, 2.24) is 4.98 Å². The largest absolute Gasteiger partial charge is 0.481 e. The lowest BCUT2D eigenvalue weighted by Crippen LogP contribution is -2.39. The van der Waals surface area contributed by atoms with E-state index in [0.717, 1.165) is 41.7 Å². The van der Waals surface area contributed by atoms with Crippen LogP contribution in [0.2, 0.25) is 0 Å². The molecule has 1 atom stereocenters. The van der Waals surface area contributed by atoms with Crippen LogP contribution in [0.1, 0.15) is 18.4 Å². The highest BCUT2D eigenvalue weighted by Gasteiger charge is 2.26. The molecule has 4 nitrogen and oxygen atoms in total. The molecule has 4 heteroatoms. The Balaban J connectivity index is 1.96. The van der Waals surface area contributed by atoms with Crippen LogP contribution in [0.25, 0.3) is 10.9 Å². The second kappa shape index (κ2) is 5.12. The lowest BCUT2D eigenvalue weighted by atomic mass is 9.98. The molecule has 0 bridgehead atoms. The lowest BCUT2D eigenvalue weighted by molar-refractivity contribution is -0.141. The molecule has 1 saturated heterocycles.